The Balaban J connectivity index is 2.06. The van der Waals surface area contributed by atoms with Gasteiger partial charge in [0.2, 0.25) is 0 Å². The number of halogens is 2. The zero-order chi connectivity index (χ0) is 15.4. The second kappa shape index (κ2) is 7.24. The summed E-state index contributed by atoms with van der Waals surface area (Å²) < 4.78 is 1.70. The van der Waals surface area contributed by atoms with Crippen molar-refractivity contribution in [1.29, 1.82) is 0 Å². The number of benzene rings is 1. The van der Waals surface area contributed by atoms with Gasteiger partial charge in [0.05, 0.1) is 21.6 Å². The van der Waals surface area contributed by atoms with Crippen molar-refractivity contribution in [2.45, 2.75) is 13.3 Å². The Morgan fingerprint density at radius 2 is 1.90 bits per heavy atom. The lowest BCUT2D eigenvalue weighted by Gasteiger charge is -2.10. The number of carbonyl (C=O) groups excluding carboxylic acids is 1. The molecule has 0 unspecified atom stereocenters. The fraction of sp³-hybridized carbons (Fsp3) is 0.133. The largest absolute Gasteiger partial charge is 0.333 e. The predicted octanol–water partition coefficient (Wildman–Crippen LogP) is 4.93. The monoisotopic (exact) mass is 426 g/mol. The molecule has 1 aromatic carbocycles. The number of nitrogens with one attached hydrogen (secondary N) is 1. The van der Waals surface area contributed by atoms with Crippen LogP contribution in [0.5, 0.6) is 0 Å². The Kier molecular flexibility index (Phi) is 5.61. The molecule has 0 spiro atoms. The van der Waals surface area contributed by atoms with E-state index in [1.807, 2.05) is 31.2 Å². The molecule has 1 N–H and O–H groups in total. The molecule has 1 aromatic heterocycles. The fourth-order valence-corrected chi connectivity index (χ4v) is 2.96. The molecule has 0 aliphatic rings. The normalized spacial score (nSPS) is 10.2. The first-order valence-electron chi connectivity index (χ1n) is 6.18. The van der Waals surface area contributed by atoms with Gasteiger partial charge in [-0.05, 0) is 44.8 Å². The number of pyridine rings is 1. The lowest BCUT2D eigenvalue weighted by atomic mass is 10.1. The molecule has 0 fully saturated rings. The summed E-state index contributed by atoms with van der Waals surface area (Å²) in [7, 11) is 0. The number of hydrogen-bond acceptors (Lipinski definition) is 3. The number of carbonyl (C=O) groups is 1. The molecule has 2 aromatic rings. The van der Waals surface area contributed by atoms with Gasteiger partial charge in [-0.3, -0.25) is 4.79 Å². The molecule has 108 valence electrons. The van der Waals surface area contributed by atoms with Crippen molar-refractivity contribution in [3.8, 4) is 0 Å². The summed E-state index contributed by atoms with van der Waals surface area (Å²) in [4.78, 5) is 16.9. The van der Waals surface area contributed by atoms with Crippen molar-refractivity contribution in [2.75, 3.05) is 5.32 Å². The SMILES string of the molecule is Cc1nc(NC(=S)CC(=O)c2ccccc2)c(Br)cc1Br. The summed E-state index contributed by atoms with van der Waals surface area (Å²) in [6.45, 7) is 1.89. The van der Waals surface area contributed by atoms with Crippen molar-refractivity contribution in [3.05, 3.63) is 56.6 Å². The van der Waals surface area contributed by atoms with E-state index >= 15 is 0 Å². The van der Waals surface area contributed by atoms with Crippen LogP contribution < -0.4 is 5.32 Å². The maximum absolute atomic E-state index is 12.1. The molecular formula is C15H12Br2N2OS. The number of ketones is 1. The van der Waals surface area contributed by atoms with Crippen LogP contribution in [0.15, 0.2) is 45.3 Å². The smallest absolute Gasteiger partial charge is 0.169 e. The van der Waals surface area contributed by atoms with Gasteiger partial charge in [0.15, 0.2) is 5.78 Å². The molecule has 0 bridgehead atoms. The molecule has 0 saturated carbocycles. The third-order valence-corrected chi connectivity index (χ3v) is 4.43. The van der Waals surface area contributed by atoms with E-state index in [1.165, 1.54) is 0 Å². The number of anilines is 1. The third-order valence-electron chi connectivity index (χ3n) is 2.78. The molecule has 0 radical (unpaired) electrons. The van der Waals surface area contributed by atoms with Gasteiger partial charge in [0.1, 0.15) is 5.82 Å². The fourth-order valence-electron chi connectivity index (χ4n) is 1.69. The Morgan fingerprint density at radius 3 is 2.57 bits per heavy atom. The van der Waals surface area contributed by atoms with Crippen LogP contribution in [0.1, 0.15) is 22.5 Å². The van der Waals surface area contributed by atoms with Gasteiger partial charge < -0.3 is 5.32 Å². The number of aromatic nitrogens is 1. The highest BCUT2D eigenvalue weighted by atomic mass is 79.9. The van der Waals surface area contributed by atoms with Gasteiger partial charge in [0.25, 0.3) is 0 Å². The van der Waals surface area contributed by atoms with E-state index in [-0.39, 0.29) is 12.2 Å². The maximum Gasteiger partial charge on any atom is 0.169 e. The molecule has 1 heterocycles. The van der Waals surface area contributed by atoms with Crippen LogP contribution in [0, 0.1) is 6.92 Å². The molecule has 0 amide bonds. The van der Waals surface area contributed by atoms with Gasteiger partial charge in [-0.15, -0.1) is 0 Å². The van der Waals surface area contributed by atoms with E-state index in [0.29, 0.717) is 16.4 Å². The summed E-state index contributed by atoms with van der Waals surface area (Å²) in [6, 6.07) is 11.0. The van der Waals surface area contributed by atoms with E-state index in [9.17, 15) is 4.79 Å². The van der Waals surface area contributed by atoms with Crippen LogP contribution in [-0.4, -0.2) is 15.8 Å². The molecule has 21 heavy (non-hydrogen) atoms. The highest BCUT2D eigenvalue weighted by molar-refractivity contribution is 9.11. The number of aryl methyl sites for hydroxylation is 1. The molecular weight excluding hydrogens is 416 g/mol. The van der Waals surface area contributed by atoms with E-state index in [2.05, 4.69) is 42.2 Å². The van der Waals surface area contributed by atoms with Crippen molar-refractivity contribution < 1.29 is 4.79 Å². The second-order valence-corrected chi connectivity index (χ2v) is 6.60. The zero-order valence-corrected chi connectivity index (χ0v) is 15.2. The maximum atomic E-state index is 12.1. The first-order chi connectivity index (χ1) is 9.97. The van der Waals surface area contributed by atoms with Gasteiger partial charge in [-0.1, -0.05) is 42.5 Å². The van der Waals surface area contributed by atoms with Crippen molar-refractivity contribution >= 4 is 60.7 Å². The van der Waals surface area contributed by atoms with E-state index in [4.69, 9.17) is 12.2 Å². The van der Waals surface area contributed by atoms with Crippen LogP contribution in [0.3, 0.4) is 0 Å². The van der Waals surface area contributed by atoms with Crippen molar-refractivity contribution in [1.82, 2.24) is 4.98 Å². The highest BCUT2D eigenvalue weighted by Crippen LogP contribution is 2.26. The van der Waals surface area contributed by atoms with Crippen LogP contribution in [0.4, 0.5) is 5.82 Å². The Hall–Kier alpha value is -1.11. The molecule has 0 atom stereocenters. The minimum atomic E-state index is -0.0157. The predicted molar refractivity (Wildman–Crippen MR) is 96.0 cm³/mol. The van der Waals surface area contributed by atoms with E-state index in [1.54, 1.807) is 12.1 Å². The minimum absolute atomic E-state index is 0.0157. The summed E-state index contributed by atoms with van der Waals surface area (Å²) in [5.41, 5.74) is 1.50. The average molecular weight is 428 g/mol. The molecule has 6 heteroatoms. The van der Waals surface area contributed by atoms with Crippen LogP contribution >= 0.6 is 44.1 Å². The number of rotatable bonds is 4. The number of thiocarbonyl (C=S) groups is 1. The molecule has 2 rings (SSSR count). The highest BCUT2D eigenvalue weighted by Gasteiger charge is 2.11. The third kappa shape index (κ3) is 4.43. The summed E-state index contributed by atoms with van der Waals surface area (Å²) >= 11 is 12.1. The quantitative estimate of drug-likeness (QED) is 0.554. The number of nitrogens with zero attached hydrogens (tertiary/aromatic N) is 1. The number of hydrogen-bond donors (Lipinski definition) is 1. The Labute approximate surface area is 145 Å². The zero-order valence-electron chi connectivity index (χ0n) is 11.2. The van der Waals surface area contributed by atoms with Crippen LogP contribution in [-0.2, 0) is 0 Å². The Bertz CT molecular complexity index is 690. The minimum Gasteiger partial charge on any atom is -0.333 e. The van der Waals surface area contributed by atoms with Crippen LogP contribution in [0.25, 0.3) is 0 Å². The van der Waals surface area contributed by atoms with Gasteiger partial charge >= 0.3 is 0 Å². The van der Waals surface area contributed by atoms with Crippen molar-refractivity contribution in [3.63, 3.8) is 0 Å². The summed E-state index contributed by atoms with van der Waals surface area (Å²) in [5.74, 6) is 0.597. The lowest BCUT2D eigenvalue weighted by molar-refractivity contribution is 0.100. The van der Waals surface area contributed by atoms with E-state index in [0.717, 1.165) is 14.6 Å². The number of Topliss-reactive ketones (excluding diaryl/α,β-unsaturated/α-hetero) is 1. The first kappa shape index (κ1) is 16.3. The van der Waals surface area contributed by atoms with Gasteiger partial charge in [-0.25, -0.2) is 4.98 Å². The summed E-state index contributed by atoms with van der Waals surface area (Å²) in [5, 5.41) is 3.01. The first-order valence-corrected chi connectivity index (χ1v) is 8.17. The standard InChI is InChI=1S/C15H12Br2N2OS/c1-9-11(16)7-12(17)15(18-9)19-14(21)8-13(20)10-5-3-2-4-6-10/h2-7H,8H2,1H3,(H,18,19,21). The Morgan fingerprint density at radius 1 is 1.24 bits per heavy atom. The molecule has 3 nitrogen and oxygen atoms in total. The molecule has 0 aliphatic carbocycles. The lowest BCUT2D eigenvalue weighted by Crippen LogP contribution is -2.16. The molecule has 0 saturated heterocycles. The van der Waals surface area contributed by atoms with Gasteiger partial charge in [0, 0.05) is 10.0 Å². The van der Waals surface area contributed by atoms with Crippen molar-refractivity contribution in [2.24, 2.45) is 0 Å². The second-order valence-electron chi connectivity index (χ2n) is 4.40. The average Bonchev–Trinajstić information content (AvgIpc) is 2.45. The van der Waals surface area contributed by atoms with E-state index < -0.39 is 0 Å². The summed E-state index contributed by atoms with van der Waals surface area (Å²) in [6.07, 6.45) is 0.155. The molecule has 0 aliphatic heterocycles. The van der Waals surface area contributed by atoms with Gasteiger partial charge in [-0.2, -0.15) is 0 Å². The van der Waals surface area contributed by atoms with Crippen LogP contribution in [0.2, 0.25) is 0 Å². The topological polar surface area (TPSA) is 42.0 Å².